The Morgan fingerprint density at radius 3 is 2.10 bits per heavy atom. The van der Waals surface area contributed by atoms with Crippen LogP contribution in [0, 0.1) is 5.92 Å². The molecule has 1 aromatic rings. The molecular formula is C21H28N2O8. The lowest BCUT2D eigenvalue weighted by Crippen LogP contribution is -2.55. The Morgan fingerprint density at radius 2 is 1.58 bits per heavy atom. The van der Waals surface area contributed by atoms with Crippen molar-refractivity contribution >= 4 is 29.7 Å². The average Bonchev–Trinajstić information content (AvgIpc) is 2.70. The van der Waals surface area contributed by atoms with Crippen molar-refractivity contribution in [1.82, 2.24) is 10.6 Å². The normalized spacial score (nSPS) is 13.3. The van der Waals surface area contributed by atoms with Crippen molar-refractivity contribution < 1.29 is 38.6 Å². The number of nitrogens with one attached hydrogen (secondary N) is 2. The van der Waals surface area contributed by atoms with Crippen LogP contribution in [-0.2, 0) is 39.9 Å². The topological polar surface area (TPSA) is 148 Å². The molecule has 0 heterocycles. The lowest BCUT2D eigenvalue weighted by molar-refractivity contribution is -0.160. The molecule has 0 bridgehead atoms. The Morgan fingerprint density at radius 1 is 0.968 bits per heavy atom. The molecule has 0 saturated heterocycles. The molecule has 170 valence electrons. The highest BCUT2D eigenvalue weighted by Gasteiger charge is 2.39. The molecule has 0 unspecified atom stereocenters. The standard InChI is InChI=1S/C21H28N2O8/c1-4-30-17(25)12-15(21(29)31-5-2)18(20(27)28)23-19(26)16(22-13(3)24)11-14-9-7-6-8-10-14/h6-10,15-16,18H,4-5,11-12H2,1-3H3,(H,22,24)(H,23,26)(H,27,28)/t15-,16+,18-/m1/s1. The summed E-state index contributed by atoms with van der Waals surface area (Å²) in [7, 11) is 0. The molecule has 0 fully saturated rings. The number of esters is 2. The van der Waals surface area contributed by atoms with Gasteiger partial charge in [-0.25, -0.2) is 4.79 Å². The van der Waals surface area contributed by atoms with Crippen LogP contribution >= 0.6 is 0 Å². The van der Waals surface area contributed by atoms with Crippen LogP contribution < -0.4 is 10.6 Å². The molecule has 0 aliphatic heterocycles. The maximum absolute atomic E-state index is 12.8. The minimum Gasteiger partial charge on any atom is -0.480 e. The second kappa shape index (κ2) is 13.0. The number of hydrogen-bond donors (Lipinski definition) is 3. The maximum atomic E-state index is 12.8. The first-order chi connectivity index (χ1) is 14.7. The van der Waals surface area contributed by atoms with Crippen molar-refractivity contribution in [2.45, 2.75) is 45.7 Å². The molecule has 0 aliphatic rings. The molecule has 0 spiro atoms. The number of ether oxygens (including phenoxy) is 2. The molecule has 3 atom stereocenters. The van der Waals surface area contributed by atoms with Gasteiger partial charge in [-0.15, -0.1) is 0 Å². The number of carboxylic acid groups (broad SMARTS) is 1. The summed E-state index contributed by atoms with van der Waals surface area (Å²) in [5.41, 5.74) is 0.733. The Labute approximate surface area is 180 Å². The summed E-state index contributed by atoms with van der Waals surface area (Å²) in [6, 6.07) is 5.95. The number of amides is 2. The van der Waals surface area contributed by atoms with Gasteiger partial charge in [0.05, 0.1) is 25.6 Å². The SMILES string of the molecule is CCOC(=O)C[C@@H](C(=O)OCC)[C@@H](NC(=O)[C@H](Cc1ccccc1)NC(C)=O)C(=O)O. The maximum Gasteiger partial charge on any atom is 0.327 e. The fourth-order valence-corrected chi connectivity index (χ4v) is 2.88. The van der Waals surface area contributed by atoms with Gasteiger partial charge in [0.15, 0.2) is 0 Å². The summed E-state index contributed by atoms with van der Waals surface area (Å²) in [6.07, 6.45) is -0.492. The summed E-state index contributed by atoms with van der Waals surface area (Å²) in [5.74, 6) is -6.10. The van der Waals surface area contributed by atoms with Gasteiger partial charge in [0, 0.05) is 13.3 Å². The third-order valence-electron chi connectivity index (χ3n) is 4.22. The van der Waals surface area contributed by atoms with Crippen molar-refractivity contribution in [3.05, 3.63) is 35.9 Å². The van der Waals surface area contributed by atoms with Crippen LogP contribution in [0.3, 0.4) is 0 Å². The summed E-state index contributed by atoms with van der Waals surface area (Å²) >= 11 is 0. The predicted octanol–water partition coefficient (Wildman–Crippen LogP) is 0.436. The van der Waals surface area contributed by atoms with E-state index in [2.05, 4.69) is 10.6 Å². The Balaban J connectivity index is 3.11. The fourth-order valence-electron chi connectivity index (χ4n) is 2.88. The van der Waals surface area contributed by atoms with Gasteiger partial charge in [-0.05, 0) is 19.4 Å². The molecule has 3 N–H and O–H groups in total. The zero-order chi connectivity index (χ0) is 23.4. The van der Waals surface area contributed by atoms with Gasteiger partial charge in [0.1, 0.15) is 12.1 Å². The van der Waals surface area contributed by atoms with Crippen LogP contribution in [0.1, 0.15) is 32.8 Å². The minimum absolute atomic E-state index is 0.0407. The number of aliphatic carboxylic acids is 1. The van der Waals surface area contributed by atoms with E-state index in [9.17, 15) is 29.1 Å². The van der Waals surface area contributed by atoms with Crippen LogP contribution in [0.25, 0.3) is 0 Å². The second-order valence-corrected chi connectivity index (χ2v) is 6.64. The third kappa shape index (κ3) is 8.85. The van der Waals surface area contributed by atoms with Crippen molar-refractivity contribution in [3.63, 3.8) is 0 Å². The molecular weight excluding hydrogens is 408 g/mol. The summed E-state index contributed by atoms with van der Waals surface area (Å²) < 4.78 is 9.69. The molecule has 2 amide bonds. The highest BCUT2D eigenvalue weighted by Crippen LogP contribution is 2.15. The number of rotatable bonds is 12. The number of carbonyl (C=O) groups excluding carboxylic acids is 4. The van der Waals surface area contributed by atoms with Crippen LogP contribution in [-0.4, -0.2) is 60.1 Å². The molecule has 0 aliphatic carbocycles. The summed E-state index contributed by atoms with van der Waals surface area (Å²) in [5, 5.41) is 14.4. The average molecular weight is 436 g/mol. The molecule has 31 heavy (non-hydrogen) atoms. The first kappa shape index (κ1) is 25.6. The third-order valence-corrected chi connectivity index (χ3v) is 4.22. The van der Waals surface area contributed by atoms with Crippen LogP contribution in [0.15, 0.2) is 30.3 Å². The number of carboxylic acids is 1. The van der Waals surface area contributed by atoms with Crippen molar-refractivity contribution in [2.24, 2.45) is 5.92 Å². The van der Waals surface area contributed by atoms with E-state index in [1.807, 2.05) is 0 Å². The Kier molecular flexibility index (Phi) is 10.7. The van der Waals surface area contributed by atoms with Crippen molar-refractivity contribution in [3.8, 4) is 0 Å². The van der Waals surface area contributed by atoms with Crippen LogP contribution in [0.5, 0.6) is 0 Å². The Bertz CT molecular complexity index is 781. The van der Waals surface area contributed by atoms with Gasteiger partial charge in [0.2, 0.25) is 11.8 Å². The minimum atomic E-state index is -1.76. The van der Waals surface area contributed by atoms with Crippen molar-refractivity contribution in [2.75, 3.05) is 13.2 Å². The lowest BCUT2D eigenvalue weighted by atomic mass is 9.95. The van der Waals surface area contributed by atoms with E-state index in [0.29, 0.717) is 0 Å². The van der Waals surface area contributed by atoms with Gasteiger partial charge < -0.3 is 25.2 Å². The fraction of sp³-hybridized carbons (Fsp3) is 0.476. The predicted molar refractivity (Wildman–Crippen MR) is 109 cm³/mol. The van der Waals surface area contributed by atoms with Gasteiger partial charge in [0.25, 0.3) is 0 Å². The summed E-state index contributed by atoms with van der Waals surface area (Å²) in [4.78, 5) is 60.5. The lowest BCUT2D eigenvalue weighted by Gasteiger charge is -2.25. The summed E-state index contributed by atoms with van der Waals surface area (Å²) in [6.45, 7) is 4.32. The molecule has 10 nitrogen and oxygen atoms in total. The monoisotopic (exact) mass is 436 g/mol. The van der Waals surface area contributed by atoms with E-state index in [1.54, 1.807) is 37.3 Å². The Hall–Kier alpha value is -3.43. The molecule has 10 heteroatoms. The molecule has 0 aromatic heterocycles. The van der Waals surface area contributed by atoms with E-state index < -0.39 is 54.1 Å². The van der Waals surface area contributed by atoms with E-state index >= 15 is 0 Å². The quantitative estimate of drug-likeness (QED) is 0.400. The van der Waals surface area contributed by atoms with E-state index in [0.717, 1.165) is 5.56 Å². The smallest absolute Gasteiger partial charge is 0.327 e. The largest absolute Gasteiger partial charge is 0.480 e. The van der Waals surface area contributed by atoms with Gasteiger partial charge in [-0.1, -0.05) is 30.3 Å². The zero-order valence-electron chi connectivity index (χ0n) is 17.8. The van der Waals surface area contributed by atoms with Crippen molar-refractivity contribution in [1.29, 1.82) is 0 Å². The number of benzene rings is 1. The zero-order valence-corrected chi connectivity index (χ0v) is 17.8. The van der Waals surface area contributed by atoms with E-state index in [4.69, 9.17) is 9.47 Å². The number of hydrogen-bond acceptors (Lipinski definition) is 7. The molecule has 0 radical (unpaired) electrons. The first-order valence-corrected chi connectivity index (χ1v) is 9.86. The van der Waals surface area contributed by atoms with Gasteiger partial charge >= 0.3 is 17.9 Å². The first-order valence-electron chi connectivity index (χ1n) is 9.86. The molecule has 1 aromatic carbocycles. The van der Waals surface area contributed by atoms with Gasteiger partial charge in [-0.3, -0.25) is 19.2 Å². The van der Waals surface area contributed by atoms with E-state index in [1.165, 1.54) is 13.8 Å². The van der Waals surface area contributed by atoms with E-state index in [-0.39, 0.29) is 19.6 Å². The second-order valence-electron chi connectivity index (χ2n) is 6.64. The van der Waals surface area contributed by atoms with Crippen LogP contribution in [0.2, 0.25) is 0 Å². The van der Waals surface area contributed by atoms with Crippen LogP contribution in [0.4, 0.5) is 0 Å². The van der Waals surface area contributed by atoms with Gasteiger partial charge in [-0.2, -0.15) is 0 Å². The highest BCUT2D eigenvalue weighted by atomic mass is 16.5. The molecule has 0 saturated carbocycles. The highest BCUT2D eigenvalue weighted by molar-refractivity contribution is 5.93. The number of carbonyl (C=O) groups is 5. The molecule has 1 rings (SSSR count).